The zero-order valence-corrected chi connectivity index (χ0v) is 19.7. The number of carbonyl (C=O) groups is 2. The number of esters is 1. The van der Waals surface area contributed by atoms with E-state index in [1.807, 2.05) is 0 Å². The molecule has 4 rings (SSSR count). The molecule has 9 nitrogen and oxygen atoms in total. The van der Waals surface area contributed by atoms with Gasteiger partial charge in [-0.15, -0.1) is 0 Å². The lowest BCUT2D eigenvalue weighted by Crippen LogP contribution is -2.42. The van der Waals surface area contributed by atoms with Crippen molar-refractivity contribution in [2.24, 2.45) is 11.7 Å². The van der Waals surface area contributed by atoms with Crippen molar-refractivity contribution in [1.29, 1.82) is 0 Å². The van der Waals surface area contributed by atoms with Crippen molar-refractivity contribution < 1.29 is 37.0 Å². The Labute approximate surface area is 201 Å². The van der Waals surface area contributed by atoms with E-state index >= 15 is 0 Å². The van der Waals surface area contributed by atoms with Crippen LogP contribution in [0.25, 0.3) is 11.5 Å². The number of carbonyl (C=O) groups excluding carboxylic acids is 2. The summed E-state index contributed by atoms with van der Waals surface area (Å²) < 4.78 is 47.0. The predicted molar refractivity (Wildman–Crippen MR) is 120 cm³/mol. The fourth-order valence-corrected chi connectivity index (χ4v) is 3.92. The number of aromatic nitrogens is 1. The number of hydrogen-bond acceptors (Lipinski definition) is 8. The van der Waals surface area contributed by atoms with E-state index in [2.05, 4.69) is 9.72 Å². The minimum Gasteiger partial charge on any atom is -0.489 e. The van der Waals surface area contributed by atoms with Crippen molar-refractivity contribution in [3.8, 4) is 23.0 Å². The molecule has 0 spiro atoms. The molecule has 1 aliphatic heterocycles. The summed E-state index contributed by atoms with van der Waals surface area (Å²) in [6.07, 6.45) is 2.90. The average molecular weight is 494 g/mol. The summed E-state index contributed by atoms with van der Waals surface area (Å²) >= 11 is 0. The Bertz CT molecular complexity index is 1070. The van der Waals surface area contributed by atoms with E-state index in [0.29, 0.717) is 37.5 Å². The summed E-state index contributed by atoms with van der Waals surface area (Å²) in [5, 5.41) is 0. The van der Waals surface area contributed by atoms with E-state index < -0.39 is 24.5 Å². The first kappa shape index (κ1) is 24.9. The van der Waals surface area contributed by atoms with E-state index in [0.717, 1.165) is 12.8 Å². The molecule has 1 atom stereocenters. The third-order valence-electron chi connectivity index (χ3n) is 5.80. The van der Waals surface area contributed by atoms with E-state index in [1.54, 1.807) is 13.8 Å². The molecule has 1 aliphatic carbocycles. The van der Waals surface area contributed by atoms with E-state index in [9.17, 15) is 18.4 Å². The third kappa shape index (κ3) is 5.90. The van der Waals surface area contributed by atoms with Crippen molar-refractivity contribution >= 4 is 11.9 Å². The Kier molecular flexibility index (Phi) is 7.54. The maximum absolute atomic E-state index is 13.3. The molecule has 1 unspecified atom stereocenters. The van der Waals surface area contributed by atoms with Crippen molar-refractivity contribution in [2.45, 2.75) is 64.8 Å². The van der Waals surface area contributed by atoms with Gasteiger partial charge >= 0.3 is 12.6 Å². The molecule has 1 saturated carbocycles. The molecule has 2 aromatic rings. The maximum Gasteiger partial charge on any atom is 0.387 e. The van der Waals surface area contributed by atoms with Crippen LogP contribution in [0.4, 0.5) is 8.78 Å². The lowest BCUT2D eigenvalue weighted by Gasteiger charge is -2.23. The number of amides is 1. The third-order valence-corrected chi connectivity index (χ3v) is 5.80. The second-order valence-electron chi connectivity index (χ2n) is 8.93. The summed E-state index contributed by atoms with van der Waals surface area (Å²) in [6, 6.07) is 3.61. The second kappa shape index (κ2) is 10.6. The molecule has 2 N–H and O–H groups in total. The van der Waals surface area contributed by atoms with E-state index in [-0.39, 0.29) is 41.5 Å². The summed E-state index contributed by atoms with van der Waals surface area (Å²) in [4.78, 5) is 31.6. The van der Waals surface area contributed by atoms with Crippen LogP contribution < -0.4 is 15.2 Å². The van der Waals surface area contributed by atoms with Crippen LogP contribution in [0.3, 0.4) is 0 Å². The van der Waals surface area contributed by atoms with Gasteiger partial charge in [0.2, 0.25) is 5.89 Å². The molecule has 0 radical (unpaired) electrons. The van der Waals surface area contributed by atoms with Gasteiger partial charge in [0, 0.05) is 12.1 Å². The van der Waals surface area contributed by atoms with E-state index in [4.69, 9.17) is 19.6 Å². The van der Waals surface area contributed by atoms with Crippen LogP contribution >= 0.6 is 0 Å². The molecule has 2 fully saturated rings. The number of nitrogens with two attached hydrogens (primary N) is 1. The molecule has 1 saturated heterocycles. The van der Waals surface area contributed by atoms with Crippen molar-refractivity contribution in [3.05, 3.63) is 29.7 Å². The van der Waals surface area contributed by atoms with Gasteiger partial charge in [0.05, 0.1) is 19.3 Å². The monoisotopic (exact) mass is 493 g/mol. The minimum atomic E-state index is -3.00. The van der Waals surface area contributed by atoms with Gasteiger partial charge in [-0.1, -0.05) is 0 Å². The highest BCUT2D eigenvalue weighted by atomic mass is 19.3. The van der Waals surface area contributed by atoms with Gasteiger partial charge < -0.3 is 29.3 Å². The van der Waals surface area contributed by atoms with Crippen LogP contribution in [0.2, 0.25) is 0 Å². The molecule has 2 heterocycles. The molecule has 11 heteroatoms. The van der Waals surface area contributed by atoms with Crippen LogP contribution in [0.1, 0.15) is 55.8 Å². The van der Waals surface area contributed by atoms with Gasteiger partial charge in [0.25, 0.3) is 5.91 Å². The summed E-state index contributed by atoms with van der Waals surface area (Å²) in [6.45, 7) is 1.15. The van der Waals surface area contributed by atoms with Gasteiger partial charge in [-0.05, 0) is 63.6 Å². The highest BCUT2D eigenvalue weighted by Crippen LogP contribution is 2.37. The number of ether oxygens (including phenoxy) is 3. The highest BCUT2D eigenvalue weighted by molar-refractivity contribution is 5.96. The van der Waals surface area contributed by atoms with Gasteiger partial charge in [0.15, 0.2) is 23.0 Å². The SMILES string of the molecule is CC(C)OC(=O)C1CCCN1C(=O)c1nc(-c2ccc(OC(F)F)c(OCC3CC3)c2)oc1CN. The minimum absolute atomic E-state index is 0.0000951. The van der Waals surface area contributed by atoms with Gasteiger partial charge in [-0.2, -0.15) is 8.78 Å². The van der Waals surface area contributed by atoms with Crippen LogP contribution in [-0.2, 0) is 16.1 Å². The zero-order chi connectivity index (χ0) is 25.1. The Hall–Kier alpha value is -3.21. The van der Waals surface area contributed by atoms with Crippen LogP contribution in [0, 0.1) is 5.92 Å². The van der Waals surface area contributed by atoms with Crippen molar-refractivity contribution in [3.63, 3.8) is 0 Å². The van der Waals surface area contributed by atoms with Crippen LogP contribution in [0.15, 0.2) is 22.6 Å². The summed E-state index contributed by atoms with van der Waals surface area (Å²) in [5.41, 5.74) is 6.22. The number of likely N-dealkylation sites (tertiary alicyclic amines) is 1. The standard InChI is InChI=1S/C24H29F2N3O6/c1-13(2)33-23(31)16-4-3-9-29(16)22(30)20-19(11-27)34-21(28-20)15-7-8-17(35-24(25)26)18(10-15)32-12-14-5-6-14/h7-8,10,13-14,16,24H,3-6,9,11-12,27H2,1-2H3. The number of rotatable bonds is 10. The number of hydrogen-bond donors (Lipinski definition) is 1. The Morgan fingerprint density at radius 2 is 2.00 bits per heavy atom. The van der Waals surface area contributed by atoms with Crippen LogP contribution in [0.5, 0.6) is 11.5 Å². The number of alkyl halides is 2. The Morgan fingerprint density at radius 3 is 2.66 bits per heavy atom. The van der Waals surface area contributed by atoms with Crippen molar-refractivity contribution in [2.75, 3.05) is 13.2 Å². The first-order valence-electron chi connectivity index (χ1n) is 11.7. The molecule has 0 bridgehead atoms. The van der Waals surface area contributed by atoms with Gasteiger partial charge in [-0.3, -0.25) is 4.79 Å². The fraction of sp³-hybridized carbons (Fsp3) is 0.542. The Morgan fingerprint density at radius 1 is 1.23 bits per heavy atom. The number of nitrogens with zero attached hydrogens (tertiary/aromatic N) is 2. The zero-order valence-electron chi connectivity index (χ0n) is 19.7. The molecule has 1 aromatic carbocycles. The lowest BCUT2D eigenvalue weighted by atomic mass is 10.2. The second-order valence-corrected chi connectivity index (χ2v) is 8.93. The predicted octanol–water partition coefficient (Wildman–Crippen LogP) is 3.75. The fourth-order valence-electron chi connectivity index (χ4n) is 3.92. The largest absolute Gasteiger partial charge is 0.489 e. The summed E-state index contributed by atoms with van der Waals surface area (Å²) in [7, 11) is 0. The lowest BCUT2D eigenvalue weighted by molar-refractivity contribution is -0.152. The molecule has 1 amide bonds. The molecular formula is C24H29F2N3O6. The average Bonchev–Trinajstić information content (AvgIpc) is 3.32. The number of benzene rings is 1. The smallest absolute Gasteiger partial charge is 0.387 e. The van der Waals surface area contributed by atoms with E-state index in [1.165, 1.54) is 23.1 Å². The number of halogens is 2. The molecule has 2 aliphatic rings. The van der Waals surface area contributed by atoms with Gasteiger partial charge in [0.1, 0.15) is 6.04 Å². The molecule has 190 valence electrons. The topological polar surface area (TPSA) is 117 Å². The van der Waals surface area contributed by atoms with Crippen LogP contribution in [-0.4, -0.2) is 53.7 Å². The Balaban J connectivity index is 1.60. The molecule has 1 aromatic heterocycles. The normalized spacial score (nSPS) is 17.8. The summed E-state index contributed by atoms with van der Waals surface area (Å²) in [5.74, 6) is -0.289. The number of oxazole rings is 1. The molecule has 35 heavy (non-hydrogen) atoms. The first-order chi connectivity index (χ1) is 16.8. The quantitative estimate of drug-likeness (QED) is 0.498. The molecular weight excluding hydrogens is 464 g/mol. The highest BCUT2D eigenvalue weighted by Gasteiger charge is 2.38. The maximum atomic E-state index is 13.3. The first-order valence-corrected chi connectivity index (χ1v) is 11.7. The van der Waals surface area contributed by atoms with Crippen molar-refractivity contribution in [1.82, 2.24) is 9.88 Å². The van der Waals surface area contributed by atoms with Gasteiger partial charge in [-0.25, -0.2) is 9.78 Å².